The van der Waals surface area contributed by atoms with Crippen molar-refractivity contribution in [1.82, 2.24) is 9.88 Å². The molecular formula is C25H26F2N2O4. The minimum atomic E-state index is -0.939. The number of H-pyrrole nitrogens is 1. The van der Waals surface area contributed by atoms with E-state index in [0.717, 1.165) is 17.7 Å². The summed E-state index contributed by atoms with van der Waals surface area (Å²) in [6.45, 7) is 5.51. The molecule has 174 valence electrons. The zero-order chi connectivity index (χ0) is 24.1. The van der Waals surface area contributed by atoms with E-state index in [1.165, 1.54) is 11.0 Å². The van der Waals surface area contributed by atoms with Crippen molar-refractivity contribution in [3.63, 3.8) is 0 Å². The maximum Gasteiger partial charge on any atom is 0.340 e. The fourth-order valence-corrected chi connectivity index (χ4v) is 3.68. The molecule has 0 unspecified atom stereocenters. The fourth-order valence-electron chi connectivity index (χ4n) is 3.68. The topological polar surface area (TPSA) is 71.6 Å². The summed E-state index contributed by atoms with van der Waals surface area (Å²) in [7, 11) is 1.54. The van der Waals surface area contributed by atoms with Crippen LogP contribution in [0.2, 0.25) is 0 Å². The Hall–Kier alpha value is -3.68. The maximum atomic E-state index is 14.4. The van der Waals surface area contributed by atoms with Crippen molar-refractivity contribution in [3.8, 4) is 5.75 Å². The maximum absolute atomic E-state index is 14.4. The van der Waals surface area contributed by atoms with Crippen LogP contribution in [0.15, 0.2) is 42.5 Å². The van der Waals surface area contributed by atoms with Gasteiger partial charge in [0, 0.05) is 17.9 Å². The van der Waals surface area contributed by atoms with Gasteiger partial charge in [-0.2, -0.15) is 0 Å². The first-order chi connectivity index (χ1) is 15.8. The number of carbonyl (C=O) groups excluding carboxylic acids is 2. The number of halogens is 2. The lowest BCUT2D eigenvalue weighted by atomic mass is 10.1. The van der Waals surface area contributed by atoms with E-state index in [1.807, 2.05) is 0 Å². The summed E-state index contributed by atoms with van der Waals surface area (Å²) in [5.41, 5.74) is 2.29. The molecule has 0 aliphatic rings. The predicted molar refractivity (Wildman–Crippen MR) is 119 cm³/mol. The van der Waals surface area contributed by atoms with Gasteiger partial charge in [0.25, 0.3) is 5.91 Å². The first-order valence-corrected chi connectivity index (χ1v) is 10.5. The van der Waals surface area contributed by atoms with E-state index in [-0.39, 0.29) is 19.7 Å². The average molecular weight is 456 g/mol. The minimum absolute atomic E-state index is 0.00468. The molecular weight excluding hydrogens is 430 g/mol. The van der Waals surface area contributed by atoms with Gasteiger partial charge in [-0.1, -0.05) is 18.2 Å². The van der Waals surface area contributed by atoms with E-state index in [4.69, 9.17) is 9.47 Å². The average Bonchev–Trinajstić information content (AvgIpc) is 3.06. The van der Waals surface area contributed by atoms with E-state index in [9.17, 15) is 18.4 Å². The summed E-state index contributed by atoms with van der Waals surface area (Å²) in [5.74, 6) is -2.50. The molecule has 0 radical (unpaired) electrons. The first-order valence-electron chi connectivity index (χ1n) is 10.5. The van der Waals surface area contributed by atoms with Crippen molar-refractivity contribution in [1.29, 1.82) is 0 Å². The van der Waals surface area contributed by atoms with Crippen LogP contribution in [-0.4, -0.2) is 35.5 Å². The molecule has 6 nitrogen and oxygen atoms in total. The van der Waals surface area contributed by atoms with E-state index in [0.29, 0.717) is 28.3 Å². The van der Waals surface area contributed by atoms with Crippen LogP contribution in [0.4, 0.5) is 8.78 Å². The fraction of sp³-hybridized carbons (Fsp3) is 0.280. The number of aryl methyl sites for hydroxylation is 1. The summed E-state index contributed by atoms with van der Waals surface area (Å²) in [4.78, 5) is 30.1. The third-order valence-corrected chi connectivity index (χ3v) is 5.37. The van der Waals surface area contributed by atoms with Crippen LogP contribution >= 0.6 is 0 Å². The molecule has 0 bridgehead atoms. The van der Waals surface area contributed by atoms with E-state index in [1.54, 1.807) is 52.1 Å². The summed E-state index contributed by atoms with van der Waals surface area (Å²) in [6.07, 6.45) is 0. The Kier molecular flexibility index (Phi) is 7.48. The Labute approximate surface area is 191 Å². The largest absolute Gasteiger partial charge is 0.497 e. The summed E-state index contributed by atoms with van der Waals surface area (Å²) >= 11 is 0. The summed E-state index contributed by atoms with van der Waals surface area (Å²) in [5, 5.41) is 0. The molecule has 0 spiro atoms. The number of ether oxygens (including phenoxy) is 2. The van der Waals surface area contributed by atoms with Gasteiger partial charge in [0.1, 0.15) is 22.9 Å². The molecule has 0 atom stereocenters. The Bertz CT molecular complexity index is 1140. The van der Waals surface area contributed by atoms with Crippen molar-refractivity contribution in [3.05, 3.63) is 87.7 Å². The molecule has 0 aliphatic carbocycles. The standard InChI is InChI=1S/C25H26F2N2O4/c1-5-33-25(31)22-15(2)21(28-16(22)3)14-29(13-17-9-11-18(32-4)12-10-17)24(30)23-19(26)7-6-8-20(23)27/h6-12,28H,5,13-14H2,1-4H3. The van der Waals surface area contributed by atoms with Crippen LogP contribution in [0.5, 0.6) is 5.75 Å². The van der Waals surface area contributed by atoms with Gasteiger partial charge >= 0.3 is 5.97 Å². The number of hydrogen-bond acceptors (Lipinski definition) is 4. The van der Waals surface area contributed by atoms with Gasteiger partial charge in [-0.25, -0.2) is 13.6 Å². The number of amides is 1. The molecule has 1 amide bonds. The van der Waals surface area contributed by atoms with Gasteiger partial charge in [0.05, 0.1) is 25.8 Å². The second-order valence-corrected chi connectivity index (χ2v) is 7.55. The molecule has 1 N–H and O–H groups in total. The van der Waals surface area contributed by atoms with Crippen molar-refractivity contribution < 1.29 is 27.8 Å². The highest BCUT2D eigenvalue weighted by Gasteiger charge is 2.26. The molecule has 0 aliphatic heterocycles. The highest BCUT2D eigenvalue weighted by molar-refractivity contribution is 5.95. The Morgan fingerprint density at radius 3 is 2.18 bits per heavy atom. The highest BCUT2D eigenvalue weighted by atomic mass is 19.1. The number of nitrogens with one attached hydrogen (secondary N) is 1. The van der Waals surface area contributed by atoms with Crippen molar-refractivity contribution in [2.45, 2.75) is 33.9 Å². The van der Waals surface area contributed by atoms with Crippen LogP contribution in [0.25, 0.3) is 0 Å². The lowest BCUT2D eigenvalue weighted by Crippen LogP contribution is -2.32. The first kappa shape index (κ1) is 24.0. The van der Waals surface area contributed by atoms with Crippen LogP contribution in [0, 0.1) is 25.5 Å². The van der Waals surface area contributed by atoms with E-state index >= 15 is 0 Å². The predicted octanol–water partition coefficient (Wildman–Crippen LogP) is 4.94. The lowest BCUT2D eigenvalue weighted by molar-refractivity contribution is 0.0524. The number of aromatic nitrogens is 1. The molecule has 0 fully saturated rings. The summed E-state index contributed by atoms with van der Waals surface area (Å²) < 4.78 is 39.1. The van der Waals surface area contributed by atoms with Crippen LogP contribution in [-0.2, 0) is 17.8 Å². The molecule has 0 saturated carbocycles. The highest BCUT2D eigenvalue weighted by Crippen LogP contribution is 2.24. The third-order valence-electron chi connectivity index (χ3n) is 5.37. The molecule has 3 rings (SSSR count). The second kappa shape index (κ2) is 10.3. The van der Waals surface area contributed by atoms with Crippen molar-refractivity contribution in [2.75, 3.05) is 13.7 Å². The lowest BCUT2D eigenvalue weighted by Gasteiger charge is -2.23. The third kappa shape index (κ3) is 5.22. The minimum Gasteiger partial charge on any atom is -0.497 e. The number of rotatable bonds is 8. The molecule has 0 saturated heterocycles. The smallest absolute Gasteiger partial charge is 0.340 e. The van der Waals surface area contributed by atoms with Crippen LogP contribution in [0.1, 0.15) is 50.2 Å². The Balaban J connectivity index is 1.99. The second-order valence-electron chi connectivity index (χ2n) is 7.55. The number of nitrogens with zero attached hydrogens (tertiary/aromatic N) is 1. The van der Waals surface area contributed by atoms with Gasteiger partial charge in [-0.05, 0) is 56.2 Å². The number of esters is 1. The molecule has 8 heteroatoms. The Morgan fingerprint density at radius 2 is 1.61 bits per heavy atom. The number of aromatic amines is 1. The van der Waals surface area contributed by atoms with Gasteiger partial charge in [0.2, 0.25) is 0 Å². The zero-order valence-electron chi connectivity index (χ0n) is 19.0. The number of benzene rings is 2. The summed E-state index contributed by atoms with van der Waals surface area (Å²) in [6, 6.07) is 10.3. The molecule has 1 heterocycles. The van der Waals surface area contributed by atoms with Gasteiger partial charge in [0.15, 0.2) is 0 Å². The molecule has 3 aromatic rings. The molecule has 1 aromatic heterocycles. The molecule has 33 heavy (non-hydrogen) atoms. The monoisotopic (exact) mass is 456 g/mol. The Morgan fingerprint density at radius 1 is 0.970 bits per heavy atom. The number of methoxy groups -OCH3 is 1. The van der Waals surface area contributed by atoms with Gasteiger partial charge < -0.3 is 19.4 Å². The van der Waals surface area contributed by atoms with Crippen LogP contribution < -0.4 is 4.74 Å². The normalized spacial score (nSPS) is 10.7. The van der Waals surface area contributed by atoms with Crippen LogP contribution in [0.3, 0.4) is 0 Å². The van der Waals surface area contributed by atoms with Gasteiger partial charge in [-0.15, -0.1) is 0 Å². The van der Waals surface area contributed by atoms with E-state index in [2.05, 4.69) is 4.98 Å². The number of carbonyl (C=O) groups is 2. The van der Waals surface area contributed by atoms with Gasteiger partial charge in [-0.3, -0.25) is 4.79 Å². The quantitative estimate of drug-likeness (QED) is 0.488. The molecule has 2 aromatic carbocycles. The number of hydrogen-bond donors (Lipinski definition) is 1. The SMILES string of the molecule is CCOC(=O)c1c(C)[nH]c(CN(Cc2ccc(OC)cc2)C(=O)c2c(F)cccc2F)c1C. The van der Waals surface area contributed by atoms with E-state index < -0.39 is 29.1 Å². The van der Waals surface area contributed by atoms with Crippen molar-refractivity contribution >= 4 is 11.9 Å². The van der Waals surface area contributed by atoms with Crippen molar-refractivity contribution in [2.24, 2.45) is 0 Å². The zero-order valence-corrected chi connectivity index (χ0v) is 19.0.